The third kappa shape index (κ3) is 1.33. The number of nitrogens with one attached hydrogen (secondary N) is 1. The summed E-state index contributed by atoms with van der Waals surface area (Å²) in [5.41, 5.74) is 2.44. The number of hydrogen-bond acceptors (Lipinski definition) is 3. The number of fused-ring (bicyclic) bond motifs is 1. The molecule has 2 heterocycles. The summed E-state index contributed by atoms with van der Waals surface area (Å²) in [5, 5.41) is 12.9. The maximum atomic E-state index is 8.49. The van der Waals surface area contributed by atoms with Crippen LogP contribution in [0.4, 0.5) is 0 Å². The number of aromatic nitrogens is 2. The van der Waals surface area contributed by atoms with E-state index in [0.717, 1.165) is 22.3 Å². The Balaban J connectivity index is 2.79. The highest BCUT2D eigenvalue weighted by Gasteiger charge is 2.07. The maximum Gasteiger partial charge on any atom is 0.138 e. The quantitative estimate of drug-likeness (QED) is 0.430. The molecular weight excluding hydrogens is 202 g/mol. The Labute approximate surface area is 85.2 Å². The predicted molar refractivity (Wildman–Crippen MR) is 55.2 cm³/mol. The summed E-state index contributed by atoms with van der Waals surface area (Å²) in [6, 6.07) is 1.78. The molecule has 0 fully saturated rings. The number of aryl methyl sites for hydroxylation is 1. The highest BCUT2D eigenvalue weighted by Crippen LogP contribution is 2.21. The van der Waals surface area contributed by atoms with Crippen LogP contribution in [0.25, 0.3) is 11.0 Å². The molecule has 0 spiro atoms. The van der Waals surface area contributed by atoms with Gasteiger partial charge in [0, 0.05) is 22.8 Å². The van der Waals surface area contributed by atoms with Crippen LogP contribution in [-0.4, -0.2) is 21.4 Å². The molecule has 2 aromatic heterocycles. The van der Waals surface area contributed by atoms with Gasteiger partial charge in [-0.05, 0) is 13.0 Å². The first-order valence-corrected chi connectivity index (χ1v) is 4.41. The number of rotatable bonds is 1. The number of oxime groups is 1. The van der Waals surface area contributed by atoms with Gasteiger partial charge < -0.3 is 10.2 Å². The van der Waals surface area contributed by atoms with Crippen LogP contribution in [0.2, 0.25) is 5.02 Å². The molecule has 0 radical (unpaired) electrons. The average Bonchev–Trinajstić information content (AvgIpc) is 2.45. The Bertz CT molecular complexity index is 504. The molecule has 14 heavy (non-hydrogen) atoms. The predicted octanol–water partition coefficient (Wildman–Crippen LogP) is 2.33. The van der Waals surface area contributed by atoms with E-state index in [1.54, 1.807) is 12.3 Å². The second-order valence-corrected chi connectivity index (χ2v) is 3.39. The molecule has 2 rings (SSSR count). The fourth-order valence-electron chi connectivity index (χ4n) is 1.42. The lowest BCUT2D eigenvalue weighted by Crippen LogP contribution is -1.82. The molecule has 0 atom stereocenters. The monoisotopic (exact) mass is 209 g/mol. The van der Waals surface area contributed by atoms with E-state index in [1.807, 2.05) is 6.92 Å². The minimum absolute atomic E-state index is 0.559. The number of halogens is 1. The van der Waals surface area contributed by atoms with Gasteiger partial charge in [0.1, 0.15) is 5.65 Å². The molecule has 72 valence electrons. The average molecular weight is 210 g/mol. The number of H-pyrrole nitrogens is 1. The third-order valence-electron chi connectivity index (χ3n) is 2.04. The first-order chi connectivity index (χ1) is 6.72. The Hall–Kier alpha value is -1.55. The van der Waals surface area contributed by atoms with Crippen LogP contribution in [-0.2, 0) is 0 Å². The lowest BCUT2D eigenvalue weighted by molar-refractivity contribution is 0.322. The van der Waals surface area contributed by atoms with E-state index in [2.05, 4.69) is 15.1 Å². The molecule has 0 aliphatic rings. The summed E-state index contributed by atoms with van der Waals surface area (Å²) < 4.78 is 0. The van der Waals surface area contributed by atoms with E-state index in [-0.39, 0.29) is 0 Å². The first-order valence-electron chi connectivity index (χ1n) is 4.03. The van der Waals surface area contributed by atoms with Gasteiger partial charge in [0.05, 0.1) is 11.2 Å². The molecule has 0 saturated heterocycles. The van der Waals surface area contributed by atoms with Crippen molar-refractivity contribution in [1.82, 2.24) is 9.97 Å². The Morgan fingerprint density at radius 2 is 2.43 bits per heavy atom. The van der Waals surface area contributed by atoms with Crippen molar-refractivity contribution in [2.24, 2.45) is 5.16 Å². The Morgan fingerprint density at radius 3 is 3.14 bits per heavy atom. The van der Waals surface area contributed by atoms with Crippen molar-refractivity contribution < 1.29 is 5.21 Å². The van der Waals surface area contributed by atoms with Crippen molar-refractivity contribution in [3.05, 3.63) is 28.5 Å². The lowest BCUT2D eigenvalue weighted by atomic mass is 10.2. The summed E-state index contributed by atoms with van der Waals surface area (Å²) in [6.07, 6.45) is 2.94. The van der Waals surface area contributed by atoms with Crippen LogP contribution >= 0.6 is 11.6 Å². The number of aromatic amines is 1. The van der Waals surface area contributed by atoms with Crippen molar-refractivity contribution in [1.29, 1.82) is 0 Å². The smallest absolute Gasteiger partial charge is 0.138 e. The van der Waals surface area contributed by atoms with Gasteiger partial charge in [-0.15, -0.1) is 0 Å². The van der Waals surface area contributed by atoms with Gasteiger partial charge in [-0.1, -0.05) is 16.8 Å². The van der Waals surface area contributed by atoms with Crippen LogP contribution < -0.4 is 0 Å². The van der Waals surface area contributed by atoms with Gasteiger partial charge in [-0.2, -0.15) is 0 Å². The molecule has 0 saturated carbocycles. The molecule has 0 bridgehead atoms. The van der Waals surface area contributed by atoms with E-state index in [0.29, 0.717) is 5.02 Å². The lowest BCUT2D eigenvalue weighted by Gasteiger charge is -1.91. The molecule has 0 aromatic carbocycles. The van der Waals surface area contributed by atoms with Crippen molar-refractivity contribution in [2.45, 2.75) is 6.92 Å². The molecule has 2 N–H and O–H groups in total. The Morgan fingerprint density at radius 1 is 1.64 bits per heavy atom. The highest BCUT2D eigenvalue weighted by molar-refractivity contribution is 6.31. The number of pyridine rings is 1. The summed E-state index contributed by atoms with van der Waals surface area (Å²) in [5.74, 6) is 0. The SMILES string of the molecule is Cc1[nH]c2ncc(Cl)cc2c1/C=N/O. The summed E-state index contributed by atoms with van der Waals surface area (Å²) in [4.78, 5) is 7.18. The maximum absolute atomic E-state index is 8.49. The fraction of sp³-hybridized carbons (Fsp3) is 0.111. The fourth-order valence-corrected chi connectivity index (χ4v) is 1.57. The standard InChI is InChI=1S/C9H8ClN3O/c1-5-8(4-12-14)7-2-6(10)3-11-9(7)13-5/h2-4,14H,1H3,(H,11,13)/b12-4+. The van der Waals surface area contributed by atoms with E-state index in [1.165, 1.54) is 6.21 Å². The van der Waals surface area contributed by atoms with Crippen LogP contribution in [0.15, 0.2) is 17.4 Å². The summed E-state index contributed by atoms with van der Waals surface area (Å²) in [6.45, 7) is 1.88. The molecule has 5 heteroatoms. The molecule has 2 aromatic rings. The molecular formula is C9H8ClN3O. The van der Waals surface area contributed by atoms with Crippen LogP contribution in [0.1, 0.15) is 11.3 Å². The topological polar surface area (TPSA) is 61.3 Å². The first kappa shape index (κ1) is 9.02. The third-order valence-corrected chi connectivity index (χ3v) is 2.25. The number of hydrogen-bond donors (Lipinski definition) is 2. The van der Waals surface area contributed by atoms with Gasteiger partial charge in [-0.25, -0.2) is 4.98 Å². The molecule has 0 amide bonds. The van der Waals surface area contributed by atoms with E-state index in [9.17, 15) is 0 Å². The van der Waals surface area contributed by atoms with Crippen molar-refractivity contribution >= 4 is 28.8 Å². The van der Waals surface area contributed by atoms with Crippen LogP contribution in [0, 0.1) is 6.92 Å². The molecule has 0 unspecified atom stereocenters. The van der Waals surface area contributed by atoms with Gasteiger partial charge in [0.25, 0.3) is 0 Å². The number of nitrogens with zero attached hydrogens (tertiary/aromatic N) is 2. The summed E-state index contributed by atoms with van der Waals surface area (Å²) >= 11 is 5.82. The minimum Gasteiger partial charge on any atom is -0.411 e. The van der Waals surface area contributed by atoms with E-state index >= 15 is 0 Å². The van der Waals surface area contributed by atoms with Crippen LogP contribution in [0.5, 0.6) is 0 Å². The van der Waals surface area contributed by atoms with Gasteiger partial charge >= 0.3 is 0 Å². The molecule has 0 aliphatic heterocycles. The largest absolute Gasteiger partial charge is 0.411 e. The van der Waals surface area contributed by atoms with Gasteiger partial charge in [-0.3, -0.25) is 0 Å². The second-order valence-electron chi connectivity index (χ2n) is 2.96. The summed E-state index contributed by atoms with van der Waals surface area (Å²) in [7, 11) is 0. The zero-order chi connectivity index (χ0) is 10.1. The van der Waals surface area contributed by atoms with Crippen LogP contribution in [0.3, 0.4) is 0 Å². The minimum atomic E-state index is 0.559. The molecule has 4 nitrogen and oxygen atoms in total. The molecule has 0 aliphatic carbocycles. The second kappa shape index (κ2) is 3.31. The van der Waals surface area contributed by atoms with Crippen molar-refractivity contribution in [2.75, 3.05) is 0 Å². The zero-order valence-electron chi connectivity index (χ0n) is 7.45. The van der Waals surface area contributed by atoms with Crippen molar-refractivity contribution in [3.63, 3.8) is 0 Å². The highest BCUT2D eigenvalue weighted by atomic mass is 35.5. The van der Waals surface area contributed by atoms with Crippen molar-refractivity contribution in [3.8, 4) is 0 Å². The zero-order valence-corrected chi connectivity index (χ0v) is 8.21. The van der Waals surface area contributed by atoms with E-state index in [4.69, 9.17) is 16.8 Å². The normalized spacial score (nSPS) is 11.6. The van der Waals surface area contributed by atoms with Gasteiger partial charge in [0.15, 0.2) is 0 Å². The van der Waals surface area contributed by atoms with Gasteiger partial charge in [0.2, 0.25) is 0 Å². The Kier molecular flexibility index (Phi) is 2.13. The van der Waals surface area contributed by atoms with E-state index < -0.39 is 0 Å².